The first-order chi connectivity index (χ1) is 19.0. The van der Waals surface area contributed by atoms with Crippen molar-refractivity contribution in [3.05, 3.63) is 136 Å². The van der Waals surface area contributed by atoms with Gasteiger partial charge in [-0.2, -0.15) is 0 Å². The number of carbonyl (C=O) groups excluding carboxylic acids is 3. The zero-order valence-electron chi connectivity index (χ0n) is 20.8. The minimum atomic E-state index is -1.31. The van der Waals surface area contributed by atoms with Crippen molar-refractivity contribution in [1.29, 1.82) is 0 Å². The van der Waals surface area contributed by atoms with Crippen LogP contribution in [0, 0.1) is 5.92 Å². The highest BCUT2D eigenvalue weighted by Gasteiger charge is 2.70. The fourth-order valence-corrected chi connectivity index (χ4v) is 6.95. The third kappa shape index (κ3) is 3.34. The van der Waals surface area contributed by atoms with E-state index in [0.29, 0.717) is 16.8 Å². The second kappa shape index (κ2) is 8.89. The lowest BCUT2D eigenvalue weighted by Crippen LogP contribution is -2.51. The largest absolute Gasteiger partial charge is 0.352 e. The molecule has 0 aliphatic carbocycles. The zero-order chi connectivity index (χ0) is 26.7. The summed E-state index contributed by atoms with van der Waals surface area (Å²) in [5.41, 5.74) is 2.86. The molecule has 0 unspecified atom stereocenters. The molecular formula is C33H23BrN2O3. The van der Waals surface area contributed by atoms with E-state index in [1.165, 1.54) is 0 Å². The number of Topliss-reactive ketones (excluding diaryl/α,β-unsaturated/α-hetero) is 2. The van der Waals surface area contributed by atoms with Crippen molar-refractivity contribution in [2.75, 3.05) is 10.2 Å². The minimum absolute atomic E-state index is 0.185. The number of nitrogens with one attached hydrogen (secondary N) is 1. The van der Waals surface area contributed by atoms with Gasteiger partial charge in [-0.1, -0.05) is 107 Å². The van der Waals surface area contributed by atoms with Crippen LogP contribution in [0.3, 0.4) is 0 Å². The predicted molar refractivity (Wildman–Crippen MR) is 155 cm³/mol. The minimum Gasteiger partial charge on any atom is -0.352 e. The molecule has 190 valence electrons. The number of amides is 1. The van der Waals surface area contributed by atoms with Gasteiger partial charge in [0, 0.05) is 27.0 Å². The second-order valence-corrected chi connectivity index (χ2v) is 11.1. The summed E-state index contributed by atoms with van der Waals surface area (Å²) in [6, 6.07) is 30.1. The second-order valence-electron chi connectivity index (χ2n) is 10.2. The van der Waals surface area contributed by atoms with Gasteiger partial charge in [-0.15, -0.1) is 0 Å². The van der Waals surface area contributed by atoms with Crippen LogP contribution in [0.2, 0.25) is 0 Å². The molecule has 3 aliphatic rings. The Morgan fingerprint density at radius 1 is 0.769 bits per heavy atom. The third-order valence-corrected chi connectivity index (χ3v) is 8.81. The average Bonchev–Trinajstić information content (AvgIpc) is 3.45. The molecule has 6 heteroatoms. The Kier molecular flexibility index (Phi) is 5.42. The fourth-order valence-electron chi connectivity index (χ4n) is 6.69. The molecule has 0 saturated carbocycles. The van der Waals surface area contributed by atoms with Gasteiger partial charge in [-0.3, -0.25) is 14.4 Å². The summed E-state index contributed by atoms with van der Waals surface area (Å²) in [4.78, 5) is 45.5. The molecule has 5 nitrogen and oxygen atoms in total. The number of nitrogens with zero attached hydrogens (tertiary/aromatic N) is 1. The van der Waals surface area contributed by atoms with Crippen molar-refractivity contribution >= 4 is 50.9 Å². The Bertz CT molecular complexity index is 1680. The molecule has 4 aromatic carbocycles. The van der Waals surface area contributed by atoms with E-state index < -0.39 is 23.4 Å². The molecule has 39 heavy (non-hydrogen) atoms. The van der Waals surface area contributed by atoms with Gasteiger partial charge in [-0.25, -0.2) is 0 Å². The van der Waals surface area contributed by atoms with Crippen LogP contribution in [0.5, 0.6) is 0 Å². The summed E-state index contributed by atoms with van der Waals surface area (Å²) in [5, 5.41) is 3.06. The van der Waals surface area contributed by atoms with Crippen LogP contribution < -0.4 is 10.2 Å². The lowest BCUT2D eigenvalue weighted by Gasteiger charge is -2.37. The summed E-state index contributed by atoms with van der Waals surface area (Å²) in [5.74, 6) is -1.66. The number of anilines is 2. The quantitative estimate of drug-likeness (QED) is 0.290. The van der Waals surface area contributed by atoms with E-state index in [1.54, 1.807) is 24.3 Å². The summed E-state index contributed by atoms with van der Waals surface area (Å²) >= 11 is 3.46. The van der Waals surface area contributed by atoms with Crippen LogP contribution in [0.15, 0.2) is 114 Å². The maximum Gasteiger partial charge on any atom is 0.238 e. The van der Waals surface area contributed by atoms with Gasteiger partial charge in [0.15, 0.2) is 11.6 Å². The predicted octanol–water partition coefficient (Wildman–Crippen LogP) is 6.31. The standard InChI is InChI=1S/C33H23BrN2O3/c34-23-17-14-22(15-18-23)30(37)28-29(31(38)21-9-2-1-3-10-21)36-26-13-7-4-8-20(26)16-19-27(36)33(28)24-11-5-6-12-25(24)35-32(33)39/h1-19,27-29H,(H,35,39)/t27-,28-,29+,33-/m1/s1. The molecule has 1 amide bonds. The Morgan fingerprint density at radius 3 is 2.23 bits per heavy atom. The van der Waals surface area contributed by atoms with Gasteiger partial charge in [-0.05, 0) is 35.4 Å². The lowest BCUT2D eigenvalue weighted by molar-refractivity contribution is -0.121. The molecule has 3 heterocycles. The molecule has 1 fully saturated rings. The van der Waals surface area contributed by atoms with E-state index in [4.69, 9.17) is 0 Å². The molecule has 0 aromatic heterocycles. The normalized spacial score (nSPS) is 24.2. The van der Waals surface area contributed by atoms with Crippen molar-refractivity contribution in [3.8, 4) is 0 Å². The Morgan fingerprint density at radius 2 is 1.44 bits per heavy atom. The molecule has 1 N–H and O–H groups in total. The van der Waals surface area contributed by atoms with Gasteiger partial charge in [0.2, 0.25) is 5.91 Å². The maximum absolute atomic E-state index is 14.7. The first-order valence-electron chi connectivity index (χ1n) is 12.9. The maximum atomic E-state index is 14.7. The molecule has 4 aromatic rings. The number of carbonyl (C=O) groups is 3. The van der Waals surface area contributed by atoms with Crippen LogP contribution in [0.1, 0.15) is 31.8 Å². The van der Waals surface area contributed by atoms with E-state index >= 15 is 0 Å². The van der Waals surface area contributed by atoms with E-state index in [2.05, 4.69) is 21.2 Å². The van der Waals surface area contributed by atoms with Crippen LogP contribution in [-0.2, 0) is 10.2 Å². The number of fused-ring (bicyclic) bond motifs is 6. The summed E-state index contributed by atoms with van der Waals surface area (Å²) in [6.45, 7) is 0. The van der Waals surface area contributed by atoms with Crippen molar-refractivity contribution in [2.24, 2.45) is 5.92 Å². The van der Waals surface area contributed by atoms with E-state index in [9.17, 15) is 14.4 Å². The van der Waals surface area contributed by atoms with Crippen LogP contribution >= 0.6 is 15.9 Å². The molecule has 1 spiro atoms. The van der Waals surface area contributed by atoms with E-state index in [-0.39, 0.29) is 17.5 Å². The number of rotatable bonds is 4. The van der Waals surface area contributed by atoms with Crippen molar-refractivity contribution in [2.45, 2.75) is 17.5 Å². The van der Waals surface area contributed by atoms with E-state index in [1.807, 2.05) is 95.9 Å². The number of benzene rings is 4. The molecule has 0 bridgehead atoms. The van der Waals surface area contributed by atoms with Crippen molar-refractivity contribution in [3.63, 3.8) is 0 Å². The first-order valence-corrected chi connectivity index (χ1v) is 13.7. The summed E-state index contributed by atoms with van der Waals surface area (Å²) < 4.78 is 0.843. The lowest BCUT2D eigenvalue weighted by atomic mass is 9.64. The Hall–Kier alpha value is -4.29. The smallest absolute Gasteiger partial charge is 0.238 e. The fraction of sp³-hybridized carbons (Fsp3) is 0.121. The SMILES string of the molecule is O=C(c1ccccc1)[C@@H]1[C@H](C(=O)c2ccc(Br)cc2)[C@]2(C(=O)Nc3ccccc32)[C@H]2C=Cc3ccccc3N12. The van der Waals surface area contributed by atoms with Crippen LogP contribution in [0.25, 0.3) is 6.08 Å². The number of hydrogen-bond donors (Lipinski definition) is 1. The zero-order valence-corrected chi connectivity index (χ0v) is 22.3. The number of ketones is 2. The summed E-state index contributed by atoms with van der Waals surface area (Å²) in [7, 11) is 0. The monoisotopic (exact) mass is 574 g/mol. The Labute approximate surface area is 234 Å². The molecule has 3 aliphatic heterocycles. The molecular weight excluding hydrogens is 552 g/mol. The van der Waals surface area contributed by atoms with Crippen molar-refractivity contribution in [1.82, 2.24) is 0 Å². The molecule has 4 atom stereocenters. The van der Waals surface area contributed by atoms with Crippen molar-refractivity contribution < 1.29 is 14.4 Å². The molecule has 0 radical (unpaired) electrons. The number of hydrogen-bond acceptors (Lipinski definition) is 4. The first kappa shape index (κ1) is 23.8. The average molecular weight is 575 g/mol. The van der Waals surface area contributed by atoms with Gasteiger partial charge in [0.05, 0.1) is 12.0 Å². The van der Waals surface area contributed by atoms with Gasteiger partial charge in [0.1, 0.15) is 11.5 Å². The summed E-state index contributed by atoms with van der Waals surface area (Å²) in [6.07, 6.45) is 3.99. The van der Waals surface area contributed by atoms with Crippen LogP contribution in [0.4, 0.5) is 11.4 Å². The molecule has 7 rings (SSSR count). The number of halogens is 1. The molecule has 1 saturated heterocycles. The highest BCUT2D eigenvalue weighted by molar-refractivity contribution is 9.10. The van der Waals surface area contributed by atoms with E-state index in [0.717, 1.165) is 21.3 Å². The highest BCUT2D eigenvalue weighted by Crippen LogP contribution is 2.58. The van der Waals surface area contributed by atoms with Gasteiger partial charge >= 0.3 is 0 Å². The third-order valence-electron chi connectivity index (χ3n) is 8.28. The Balaban J connectivity index is 1.54. The van der Waals surface area contributed by atoms with Gasteiger partial charge < -0.3 is 10.2 Å². The topological polar surface area (TPSA) is 66.5 Å². The number of para-hydroxylation sites is 2. The van der Waals surface area contributed by atoms with Gasteiger partial charge in [0.25, 0.3) is 0 Å². The highest BCUT2D eigenvalue weighted by atomic mass is 79.9. The van der Waals surface area contributed by atoms with Crippen LogP contribution in [-0.4, -0.2) is 29.6 Å².